The lowest BCUT2D eigenvalue weighted by Crippen LogP contribution is -2.43. The summed E-state index contributed by atoms with van der Waals surface area (Å²) in [5.74, 6) is 20.1. The number of hydrogen-bond acceptors (Lipinski definition) is 0. The predicted octanol–water partition coefficient (Wildman–Crippen LogP) is 4.31. The average Bonchev–Trinajstić information content (AvgIpc) is 3.28. The van der Waals surface area contributed by atoms with Crippen LogP contribution in [0.5, 0.6) is 0 Å². The molecule has 0 heteroatoms. The van der Waals surface area contributed by atoms with Gasteiger partial charge in [-0.25, -0.2) is 0 Å². The van der Waals surface area contributed by atoms with Gasteiger partial charge in [-0.15, -0.1) is 0 Å². The fourth-order valence-corrected chi connectivity index (χ4v) is 13.4. The van der Waals surface area contributed by atoms with E-state index in [-0.39, 0.29) is 0 Å². The number of hydrogen-bond donors (Lipinski definition) is 0. The lowest BCUT2D eigenvalue weighted by atomic mass is 9.57. The second-order valence-electron chi connectivity index (χ2n) is 11.6. The summed E-state index contributed by atoms with van der Waals surface area (Å²) >= 11 is 0. The predicted molar refractivity (Wildman–Crippen MR) is 83.5 cm³/mol. The molecule has 0 N–H and O–H groups in total. The molecule has 0 saturated heterocycles. The molecule has 0 heterocycles. The van der Waals surface area contributed by atoms with Crippen molar-refractivity contribution in [3.8, 4) is 0 Å². The van der Waals surface area contributed by atoms with Gasteiger partial charge in [0.05, 0.1) is 0 Å². The van der Waals surface area contributed by atoms with Crippen LogP contribution in [-0.2, 0) is 0 Å². The van der Waals surface area contributed by atoms with Gasteiger partial charge in [0.25, 0.3) is 0 Å². The summed E-state index contributed by atoms with van der Waals surface area (Å²) in [7, 11) is 0. The van der Waals surface area contributed by atoms with Gasteiger partial charge >= 0.3 is 0 Å². The van der Waals surface area contributed by atoms with Gasteiger partial charge < -0.3 is 0 Å². The Morgan fingerprint density at radius 3 is 0.818 bits per heavy atom. The minimum atomic E-state index is 1.24. The highest BCUT2D eigenvalue weighted by Gasteiger charge is 2.81. The monoisotopic (exact) mass is 292 g/mol. The molecular formula is C22H28. The van der Waals surface area contributed by atoms with Gasteiger partial charge in [0.1, 0.15) is 0 Å². The molecule has 0 nitrogen and oxygen atoms in total. The normalized spacial score (nSPS) is 85.1. The highest BCUT2D eigenvalue weighted by molar-refractivity contribution is 5.28. The zero-order valence-electron chi connectivity index (χ0n) is 13.5. The zero-order chi connectivity index (χ0) is 13.5. The van der Waals surface area contributed by atoms with Gasteiger partial charge in [-0.3, -0.25) is 0 Å². The van der Waals surface area contributed by atoms with Crippen molar-refractivity contribution in [2.45, 2.75) is 38.5 Å². The Hall–Kier alpha value is 0. The summed E-state index contributed by atoms with van der Waals surface area (Å²) in [6, 6.07) is 0. The van der Waals surface area contributed by atoms with E-state index < -0.39 is 0 Å². The second-order valence-corrected chi connectivity index (χ2v) is 11.6. The lowest BCUT2D eigenvalue weighted by molar-refractivity contribution is 0.00252. The van der Waals surface area contributed by atoms with Crippen LogP contribution in [0.1, 0.15) is 38.5 Å². The van der Waals surface area contributed by atoms with E-state index in [9.17, 15) is 0 Å². The first-order valence-electron chi connectivity index (χ1n) is 10.9. The molecule has 0 spiro atoms. The van der Waals surface area contributed by atoms with Crippen molar-refractivity contribution in [1.82, 2.24) is 0 Å². The summed E-state index contributed by atoms with van der Waals surface area (Å²) in [5.41, 5.74) is 0. The fourth-order valence-electron chi connectivity index (χ4n) is 13.4. The maximum Gasteiger partial charge on any atom is -0.0318 e. The molecule has 4 bridgehead atoms. The van der Waals surface area contributed by atoms with Crippen molar-refractivity contribution in [1.29, 1.82) is 0 Å². The van der Waals surface area contributed by atoms with Crippen molar-refractivity contribution in [2.75, 3.05) is 0 Å². The third-order valence-corrected chi connectivity index (χ3v) is 12.4. The van der Waals surface area contributed by atoms with Crippen LogP contribution in [0.15, 0.2) is 0 Å². The summed E-state index contributed by atoms with van der Waals surface area (Å²) in [4.78, 5) is 0. The largest absolute Gasteiger partial charge is 0.0496 e. The minimum absolute atomic E-state index is 1.24. The summed E-state index contributed by atoms with van der Waals surface area (Å²) in [5, 5.41) is 0. The van der Waals surface area contributed by atoms with Crippen molar-refractivity contribution in [2.24, 2.45) is 94.7 Å². The molecule has 0 aromatic heterocycles. The Balaban J connectivity index is 1.45. The van der Waals surface area contributed by atoms with E-state index in [1.54, 1.807) is 38.5 Å². The van der Waals surface area contributed by atoms with Gasteiger partial charge in [0.15, 0.2) is 0 Å². The van der Waals surface area contributed by atoms with Crippen LogP contribution in [0.4, 0.5) is 0 Å². The van der Waals surface area contributed by atoms with Crippen molar-refractivity contribution in [3.63, 3.8) is 0 Å². The number of fused-ring (bicyclic) bond motifs is 19. The molecule has 12 atom stereocenters. The Bertz CT molecular complexity index is 512. The lowest BCUT2D eigenvalue weighted by Gasteiger charge is -2.47. The van der Waals surface area contributed by atoms with Crippen molar-refractivity contribution in [3.05, 3.63) is 0 Å². The first-order chi connectivity index (χ1) is 10.9. The van der Waals surface area contributed by atoms with E-state index in [1.807, 2.05) is 0 Å². The quantitative estimate of drug-likeness (QED) is 0.584. The first-order valence-corrected chi connectivity index (χ1v) is 10.9. The molecule has 22 heavy (non-hydrogen) atoms. The Kier molecular flexibility index (Phi) is 1.41. The number of rotatable bonds is 0. The van der Waals surface area contributed by atoms with E-state index in [4.69, 9.17) is 0 Å². The molecule has 0 radical (unpaired) electrons. The molecule has 0 amide bonds. The molecule has 0 aromatic rings. The standard InChI is InChI=1S/C22H28/c1-2-8-16-10-4-3-9-15(16)7(1)17-11-5-13(19(9)17)22-14-6-12(21(11)22)18(8)20(10)14/h7-22H,1-6H2. The van der Waals surface area contributed by atoms with Gasteiger partial charge in [0.2, 0.25) is 0 Å². The van der Waals surface area contributed by atoms with E-state index >= 15 is 0 Å². The van der Waals surface area contributed by atoms with Crippen LogP contribution in [0.3, 0.4) is 0 Å². The molecule has 8 aliphatic rings. The van der Waals surface area contributed by atoms with Crippen LogP contribution in [0, 0.1) is 94.7 Å². The summed E-state index contributed by atoms with van der Waals surface area (Å²) in [6.45, 7) is 0. The molecular weight excluding hydrogens is 264 g/mol. The SMILES string of the molecule is C1CC2C3C4CCC5C3C1C1C3CC(C51)C1C5CC(C2C45)C31. The van der Waals surface area contributed by atoms with E-state index in [1.165, 1.54) is 94.7 Å². The molecule has 8 rings (SSSR count). The Morgan fingerprint density at radius 2 is 0.500 bits per heavy atom. The Morgan fingerprint density at radius 1 is 0.273 bits per heavy atom. The summed E-state index contributed by atoms with van der Waals surface area (Å²) < 4.78 is 0. The molecule has 0 aliphatic heterocycles. The van der Waals surface area contributed by atoms with E-state index in [0.717, 1.165) is 0 Å². The minimum Gasteiger partial charge on any atom is -0.0496 e. The van der Waals surface area contributed by atoms with Gasteiger partial charge in [-0.05, 0) is 133 Å². The summed E-state index contributed by atoms with van der Waals surface area (Å²) in [6.07, 6.45) is 10.2. The smallest absolute Gasteiger partial charge is 0.0318 e. The van der Waals surface area contributed by atoms with Gasteiger partial charge in [-0.2, -0.15) is 0 Å². The van der Waals surface area contributed by atoms with Crippen LogP contribution < -0.4 is 0 Å². The molecule has 0 aromatic carbocycles. The molecule has 8 saturated carbocycles. The van der Waals surface area contributed by atoms with Gasteiger partial charge in [-0.1, -0.05) is 0 Å². The van der Waals surface area contributed by atoms with E-state index in [0.29, 0.717) is 0 Å². The van der Waals surface area contributed by atoms with Gasteiger partial charge in [0, 0.05) is 0 Å². The maximum absolute atomic E-state index is 1.73. The van der Waals surface area contributed by atoms with Crippen LogP contribution in [0.2, 0.25) is 0 Å². The third-order valence-electron chi connectivity index (χ3n) is 12.4. The zero-order valence-corrected chi connectivity index (χ0v) is 13.5. The fraction of sp³-hybridized carbons (Fsp3) is 1.00. The maximum atomic E-state index is 1.73. The highest BCUT2D eigenvalue weighted by atomic mass is 14.9. The van der Waals surface area contributed by atoms with Crippen molar-refractivity contribution < 1.29 is 0 Å². The first kappa shape index (κ1) is 10.8. The molecule has 8 aliphatic carbocycles. The van der Waals surface area contributed by atoms with Crippen LogP contribution >= 0.6 is 0 Å². The second kappa shape index (κ2) is 2.88. The molecule has 116 valence electrons. The molecule has 8 fully saturated rings. The topological polar surface area (TPSA) is 0 Å². The van der Waals surface area contributed by atoms with Crippen LogP contribution in [-0.4, -0.2) is 0 Å². The van der Waals surface area contributed by atoms with E-state index in [2.05, 4.69) is 0 Å². The Labute approximate surface area is 133 Å². The van der Waals surface area contributed by atoms with Crippen LogP contribution in [0.25, 0.3) is 0 Å². The average molecular weight is 292 g/mol. The third kappa shape index (κ3) is 0.752. The highest BCUT2D eigenvalue weighted by Crippen LogP contribution is 2.86. The molecule has 12 unspecified atom stereocenters. The van der Waals surface area contributed by atoms with Crippen molar-refractivity contribution >= 4 is 0 Å².